The van der Waals surface area contributed by atoms with Gasteiger partial charge in [-0.05, 0) is 59.9 Å². The van der Waals surface area contributed by atoms with Crippen LogP contribution in [0, 0.1) is 11.3 Å². The van der Waals surface area contributed by atoms with Gasteiger partial charge < -0.3 is 25.0 Å². The Kier molecular flexibility index (Phi) is 7.52. The Labute approximate surface area is 198 Å². The van der Waals surface area contributed by atoms with E-state index < -0.39 is 39.3 Å². The predicted molar refractivity (Wildman–Crippen MR) is 128 cm³/mol. The lowest BCUT2D eigenvalue weighted by Crippen LogP contribution is -2.56. The first kappa shape index (κ1) is 24.6. The standard InChI is InChI=1S/C24H29N3O6S/c25-13-20(34(31,32)26-14-22-24(30)23(29)21(28)15-33-22)11-16-4-5-18-12-19(7-6-17(18)10-16)27-8-2-1-3-9-27/h4-7,10-12,21-24,26,28-30H,1-3,8-9,14-15H2. The monoisotopic (exact) mass is 487 g/mol. The number of aliphatic hydroxyl groups excluding tert-OH is 3. The average Bonchev–Trinajstić information content (AvgIpc) is 2.85. The van der Waals surface area contributed by atoms with Crippen LogP contribution in [0.1, 0.15) is 24.8 Å². The molecule has 2 saturated heterocycles. The number of benzene rings is 2. The van der Waals surface area contributed by atoms with Gasteiger partial charge in [0.15, 0.2) is 4.91 Å². The van der Waals surface area contributed by atoms with Crippen LogP contribution in [-0.2, 0) is 14.8 Å². The maximum Gasteiger partial charge on any atom is 0.250 e. The van der Waals surface area contributed by atoms with Gasteiger partial charge in [-0.25, -0.2) is 13.1 Å². The lowest BCUT2D eigenvalue weighted by atomic mass is 10.0. The van der Waals surface area contributed by atoms with E-state index in [9.17, 15) is 29.0 Å². The molecule has 2 aromatic rings. The average molecular weight is 488 g/mol. The Morgan fingerprint density at radius 3 is 2.53 bits per heavy atom. The molecule has 9 nitrogen and oxygen atoms in total. The third kappa shape index (κ3) is 5.41. The van der Waals surface area contributed by atoms with Gasteiger partial charge in [-0.15, -0.1) is 0 Å². The molecule has 4 rings (SSSR count). The van der Waals surface area contributed by atoms with Gasteiger partial charge in [-0.1, -0.05) is 18.2 Å². The number of fused-ring (bicyclic) bond motifs is 1. The first-order valence-electron chi connectivity index (χ1n) is 11.3. The zero-order chi connectivity index (χ0) is 24.3. The van der Waals surface area contributed by atoms with Crippen molar-refractivity contribution < 1.29 is 28.5 Å². The molecule has 34 heavy (non-hydrogen) atoms. The molecule has 182 valence electrons. The van der Waals surface area contributed by atoms with Crippen molar-refractivity contribution in [1.82, 2.24) is 4.72 Å². The fourth-order valence-corrected chi connectivity index (χ4v) is 5.28. The number of ether oxygens (including phenoxy) is 1. The van der Waals surface area contributed by atoms with Crippen molar-refractivity contribution >= 4 is 32.6 Å². The Morgan fingerprint density at radius 1 is 1.09 bits per heavy atom. The van der Waals surface area contributed by atoms with Gasteiger partial charge in [0.05, 0.1) is 12.7 Å². The van der Waals surface area contributed by atoms with Gasteiger partial charge in [0.25, 0.3) is 10.0 Å². The highest BCUT2D eigenvalue weighted by molar-refractivity contribution is 7.93. The number of hydrogen-bond acceptors (Lipinski definition) is 8. The van der Waals surface area contributed by atoms with Gasteiger partial charge >= 0.3 is 0 Å². The smallest absolute Gasteiger partial charge is 0.250 e. The molecule has 0 aromatic heterocycles. The van der Waals surface area contributed by atoms with Crippen molar-refractivity contribution in [3.63, 3.8) is 0 Å². The molecule has 0 saturated carbocycles. The van der Waals surface area contributed by atoms with Crippen LogP contribution in [0.25, 0.3) is 16.8 Å². The number of aliphatic hydroxyl groups is 3. The Balaban J connectivity index is 1.49. The maximum atomic E-state index is 12.7. The number of anilines is 1. The first-order chi connectivity index (χ1) is 16.3. The molecule has 4 unspecified atom stereocenters. The molecule has 2 heterocycles. The van der Waals surface area contributed by atoms with Crippen molar-refractivity contribution in [3.8, 4) is 6.07 Å². The number of hydrogen-bond donors (Lipinski definition) is 4. The second-order valence-corrected chi connectivity index (χ2v) is 10.5. The number of nitrogens with one attached hydrogen (secondary N) is 1. The maximum absolute atomic E-state index is 12.7. The van der Waals surface area contributed by atoms with Crippen LogP contribution < -0.4 is 9.62 Å². The Hall–Kier alpha value is -2.52. The lowest BCUT2D eigenvalue weighted by molar-refractivity contribution is -0.184. The molecule has 0 amide bonds. The summed E-state index contributed by atoms with van der Waals surface area (Å²) in [5.41, 5.74) is 1.73. The minimum absolute atomic E-state index is 0.234. The fraction of sp³-hybridized carbons (Fsp3) is 0.458. The lowest BCUT2D eigenvalue weighted by Gasteiger charge is -2.35. The number of nitrogens with zero attached hydrogens (tertiary/aromatic N) is 2. The Bertz CT molecular complexity index is 1200. The summed E-state index contributed by atoms with van der Waals surface area (Å²) in [4.78, 5) is 1.89. The zero-order valence-corrected chi connectivity index (χ0v) is 19.5. The summed E-state index contributed by atoms with van der Waals surface area (Å²) >= 11 is 0. The van der Waals surface area contributed by atoms with E-state index in [0.29, 0.717) is 5.56 Å². The van der Waals surface area contributed by atoms with Crippen molar-refractivity contribution in [2.45, 2.75) is 43.7 Å². The molecule has 0 spiro atoms. The van der Waals surface area contributed by atoms with Crippen molar-refractivity contribution in [1.29, 1.82) is 5.26 Å². The number of rotatable bonds is 6. The largest absolute Gasteiger partial charge is 0.388 e. The second kappa shape index (κ2) is 10.4. The molecule has 2 aliphatic heterocycles. The molecule has 0 aliphatic carbocycles. The van der Waals surface area contributed by atoms with Gasteiger partial charge in [0, 0.05) is 25.3 Å². The Morgan fingerprint density at radius 2 is 1.79 bits per heavy atom. The predicted octanol–water partition coefficient (Wildman–Crippen LogP) is 1.10. The summed E-state index contributed by atoms with van der Waals surface area (Å²) in [6.07, 6.45) is -0.275. The minimum atomic E-state index is -4.19. The van der Waals surface area contributed by atoms with E-state index in [2.05, 4.69) is 21.8 Å². The molecule has 2 aliphatic rings. The van der Waals surface area contributed by atoms with E-state index in [1.807, 2.05) is 18.2 Å². The van der Waals surface area contributed by atoms with Crippen molar-refractivity contribution in [3.05, 3.63) is 46.9 Å². The van der Waals surface area contributed by atoms with E-state index in [-0.39, 0.29) is 13.2 Å². The van der Waals surface area contributed by atoms with Gasteiger partial charge in [-0.2, -0.15) is 5.26 Å². The summed E-state index contributed by atoms with van der Waals surface area (Å²) in [5.74, 6) is 0. The van der Waals surface area contributed by atoms with E-state index in [0.717, 1.165) is 23.9 Å². The summed E-state index contributed by atoms with van der Waals surface area (Å²) < 4.78 is 32.8. The summed E-state index contributed by atoms with van der Waals surface area (Å²) in [6, 6.07) is 13.4. The number of piperidine rings is 1. The molecule has 0 bridgehead atoms. The van der Waals surface area contributed by atoms with Crippen LogP contribution in [0.4, 0.5) is 5.69 Å². The number of allylic oxidation sites excluding steroid dienone is 1. The highest BCUT2D eigenvalue weighted by Crippen LogP contribution is 2.26. The van der Waals surface area contributed by atoms with E-state index in [1.54, 1.807) is 12.1 Å². The van der Waals surface area contributed by atoms with Crippen molar-refractivity contribution in [2.24, 2.45) is 0 Å². The van der Waals surface area contributed by atoms with E-state index in [4.69, 9.17) is 4.74 Å². The van der Waals surface area contributed by atoms with Gasteiger partial charge in [0.1, 0.15) is 24.4 Å². The quantitative estimate of drug-likeness (QED) is 0.444. The van der Waals surface area contributed by atoms with Gasteiger partial charge in [-0.3, -0.25) is 0 Å². The van der Waals surface area contributed by atoms with Crippen LogP contribution in [0.5, 0.6) is 0 Å². The molecule has 0 radical (unpaired) electrons. The molecular weight excluding hydrogens is 458 g/mol. The van der Waals surface area contributed by atoms with E-state index >= 15 is 0 Å². The molecular formula is C24H29N3O6S. The van der Waals surface area contributed by atoms with Crippen LogP contribution in [-0.4, -0.2) is 74.4 Å². The molecule has 2 fully saturated rings. The van der Waals surface area contributed by atoms with Crippen LogP contribution >= 0.6 is 0 Å². The van der Waals surface area contributed by atoms with Crippen LogP contribution in [0.15, 0.2) is 41.3 Å². The fourth-order valence-electron chi connectivity index (χ4n) is 4.33. The van der Waals surface area contributed by atoms with Crippen molar-refractivity contribution in [2.75, 3.05) is 31.1 Å². The molecule has 4 N–H and O–H groups in total. The highest BCUT2D eigenvalue weighted by Gasteiger charge is 2.38. The van der Waals surface area contributed by atoms with E-state index in [1.165, 1.54) is 31.0 Å². The first-order valence-corrected chi connectivity index (χ1v) is 12.8. The van der Waals surface area contributed by atoms with Crippen LogP contribution in [0.3, 0.4) is 0 Å². The summed E-state index contributed by atoms with van der Waals surface area (Å²) in [6.45, 7) is 1.50. The second-order valence-electron chi connectivity index (χ2n) is 8.73. The topological polar surface area (TPSA) is 143 Å². The normalized spacial score (nSPS) is 26.4. The molecule has 4 atom stereocenters. The summed E-state index contributed by atoms with van der Waals surface area (Å²) in [5, 5.41) is 40.7. The minimum Gasteiger partial charge on any atom is -0.388 e. The summed E-state index contributed by atoms with van der Waals surface area (Å²) in [7, 11) is -4.19. The number of nitriles is 1. The zero-order valence-electron chi connectivity index (χ0n) is 18.7. The third-order valence-electron chi connectivity index (χ3n) is 6.35. The SMILES string of the molecule is N#CC(=Cc1ccc2cc(N3CCCCC3)ccc2c1)S(=O)(=O)NCC1OCC(O)C(O)C1O. The molecule has 10 heteroatoms. The van der Waals surface area contributed by atoms with Crippen LogP contribution in [0.2, 0.25) is 0 Å². The highest BCUT2D eigenvalue weighted by atomic mass is 32.2. The third-order valence-corrected chi connectivity index (χ3v) is 7.68. The number of sulfonamides is 1. The van der Waals surface area contributed by atoms with Gasteiger partial charge in [0.2, 0.25) is 0 Å². The molecule has 2 aromatic carbocycles.